The number of nitrogen functional groups attached to an aromatic ring is 1. The first-order valence-electron chi connectivity index (χ1n) is 13.2. The highest BCUT2D eigenvalue weighted by atomic mass is 35.5. The number of nitrogens with two attached hydrogens (primary N) is 1. The van der Waals surface area contributed by atoms with Crippen molar-refractivity contribution in [3.05, 3.63) is 45.0 Å². The molecule has 2 amide bonds. The summed E-state index contributed by atoms with van der Waals surface area (Å²) in [6.45, 7) is 4.14. The third kappa shape index (κ3) is 6.18. The first-order chi connectivity index (χ1) is 20.7. The van der Waals surface area contributed by atoms with E-state index in [1.807, 2.05) is 0 Å². The number of hydrogen-bond acceptors (Lipinski definition) is 11. The van der Waals surface area contributed by atoms with E-state index < -0.39 is 5.91 Å². The number of pyridine rings is 1. The summed E-state index contributed by atoms with van der Waals surface area (Å²) in [6, 6.07) is 1.64. The van der Waals surface area contributed by atoms with Gasteiger partial charge in [-0.05, 0) is 12.1 Å². The summed E-state index contributed by atoms with van der Waals surface area (Å²) in [6.07, 6.45) is 3.14. The number of amides is 2. The molecule has 16 heteroatoms. The van der Waals surface area contributed by atoms with Crippen molar-refractivity contribution in [3.8, 4) is 17.4 Å². The molecule has 228 valence electrons. The van der Waals surface area contributed by atoms with Gasteiger partial charge in [-0.3, -0.25) is 19.4 Å². The maximum absolute atomic E-state index is 13.8. The predicted octanol–water partition coefficient (Wildman–Crippen LogP) is 2.26. The summed E-state index contributed by atoms with van der Waals surface area (Å²) in [7, 11) is 4.27. The van der Waals surface area contributed by atoms with Crippen LogP contribution in [0.15, 0.2) is 12.3 Å². The van der Waals surface area contributed by atoms with Gasteiger partial charge in [-0.15, -0.1) is 0 Å². The molecule has 0 atom stereocenters. The fraction of sp³-hybridized carbons (Fsp3) is 0.370. The number of hydrogen-bond donors (Lipinski definition) is 3. The molecule has 0 radical (unpaired) electrons. The molecule has 0 saturated carbocycles. The number of nitrogens with zero attached hydrogens (tertiary/aromatic N) is 5. The summed E-state index contributed by atoms with van der Waals surface area (Å²) in [5, 5.41) is 3.02. The Hall–Kier alpha value is -4.11. The van der Waals surface area contributed by atoms with Crippen LogP contribution in [-0.4, -0.2) is 97.4 Å². The van der Waals surface area contributed by atoms with Gasteiger partial charge in [0, 0.05) is 38.1 Å². The van der Waals surface area contributed by atoms with E-state index in [-0.39, 0.29) is 68.6 Å². The van der Waals surface area contributed by atoms with E-state index in [0.29, 0.717) is 31.0 Å². The summed E-state index contributed by atoms with van der Waals surface area (Å²) >= 11 is 13.1. The molecule has 5 heterocycles. The lowest BCUT2D eigenvalue weighted by atomic mass is 10.1. The van der Waals surface area contributed by atoms with Gasteiger partial charge in [-0.25, -0.2) is 9.97 Å². The van der Waals surface area contributed by atoms with Gasteiger partial charge in [-0.2, -0.15) is 4.98 Å². The summed E-state index contributed by atoms with van der Waals surface area (Å²) < 4.78 is 21.5. The number of carbonyl (C=O) groups is 2. The van der Waals surface area contributed by atoms with Crippen LogP contribution < -0.4 is 30.2 Å². The summed E-state index contributed by atoms with van der Waals surface area (Å²) in [4.78, 5) is 45.9. The smallest absolute Gasteiger partial charge is 0.261 e. The first kappa shape index (κ1) is 30.4. The van der Waals surface area contributed by atoms with Crippen LogP contribution in [-0.2, 0) is 16.1 Å². The van der Waals surface area contributed by atoms with Crippen molar-refractivity contribution < 1.29 is 28.5 Å². The van der Waals surface area contributed by atoms with Gasteiger partial charge in [0.05, 0.1) is 63.5 Å². The van der Waals surface area contributed by atoms with Crippen molar-refractivity contribution >= 4 is 58.4 Å². The van der Waals surface area contributed by atoms with Crippen molar-refractivity contribution in [1.82, 2.24) is 30.2 Å². The molecule has 14 nitrogen and oxygen atoms in total. The Labute approximate surface area is 257 Å². The third-order valence-corrected chi connectivity index (χ3v) is 7.61. The first-order valence-corrected chi connectivity index (χ1v) is 14.0. The van der Waals surface area contributed by atoms with Crippen LogP contribution in [0.4, 0.5) is 11.8 Å². The molecule has 0 bridgehead atoms. The number of H-pyrrole nitrogens is 1. The molecule has 1 fully saturated rings. The van der Waals surface area contributed by atoms with Crippen LogP contribution in [0.25, 0.3) is 11.6 Å². The molecule has 0 aromatic carbocycles. The van der Waals surface area contributed by atoms with Crippen molar-refractivity contribution in [2.75, 3.05) is 71.4 Å². The van der Waals surface area contributed by atoms with E-state index in [9.17, 15) is 9.59 Å². The monoisotopic (exact) mass is 632 g/mol. The van der Waals surface area contributed by atoms with Gasteiger partial charge in [0.1, 0.15) is 10.2 Å². The van der Waals surface area contributed by atoms with Crippen LogP contribution in [0.1, 0.15) is 27.3 Å². The molecule has 5 rings (SSSR count). The second-order valence-corrected chi connectivity index (χ2v) is 10.3. The molecule has 0 spiro atoms. The quantitative estimate of drug-likeness (QED) is 0.221. The highest BCUT2D eigenvalue weighted by Gasteiger charge is 2.38. The molecule has 0 aliphatic carbocycles. The lowest BCUT2D eigenvalue weighted by Gasteiger charge is -2.26. The van der Waals surface area contributed by atoms with E-state index in [2.05, 4.69) is 30.2 Å². The van der Waals surface area contributed by atoms with Gasteiger partial charge in [-0.1, -0.05) is 23.2 Å². The molecule has 1 saturated heterocycles. The van der Waals surface area contributed by atoms with Crippen LogP contribution in [0.2, 0.25) is 10.2 Å². The molecule has 2 aliphatic rings. The number of morpholine rings is 1. The second-order valence-electron chi connectivity index (χ2n) is 9.52. The number of fused-ring (bicyclic) bond motifs is 1. The Morgan fingerprint density at radius 2 is 1.88 bits per heavy atom. The van der Waals surface area contributed by atoms with Crippen molar-refractivity contribution in [2.24, 2.45) is 0 Å². The van der Waals surface area contributed by atoms with Crippen LogP contribution >= 0.6 is 23.2 Å². The Bertz CT molecular complexity index is 1570. The fourth-order valence-electron chi connectivity index (χ4n) is 4.84. The zero-order valence-electron chi connectivity index (χ0n) is 23.7. The number of aromatic amines is 1. The number of rotatable bonds is 10. The molecular weight excluding hydrogens is 603 g/mol. The van der Waals surface area contributed by atoms with Gasteiger partial charge in [0.2, 0.25) is 11.7 Å². The number of aromatic nitrogens is 4. The van der Waals surface area contributed by atoms with Crippen LogP contribution in [0.3, 0.4) is 0 Å². The minimum atomic E-state index is -0.463. The Morgan fingerprint density at radius 1 is 1.14 bits per heavy atom. The largest absolute Gasteiger partial charge is 0.491 e. The molecule has 0 unspecified atom stereocenters. The van der Waals surface area contributed by atoms with E-state index in [1.54, 1.807) is 18.3 Å². The number of nitrogens with one attached hydrogen (secondary N) is 2. The fourth-order valence-corrected chi connectivity index (χ4v) is 5.37. The molecule has 3 aromatic heterocycles. The predicted molar refractivity (Wildman–Crippen MR) is 160 cm³/mol. The highest BCUT2D eigenvalue weighted by Crippen LogP contribution is 2.45. The minimum absolute atomic E-state index is 0.0128. The highest BCUT2D eigenvalue weighted by molar-refractivity contribution is 6.41. The molecular formula is C27H30Cl2N8O6. The number of anilines is 2. The topological polar surface area (TPSA) is 170 Å². The van der Waals surface area contributed by atoms with Gasteiger partial charge in [0.15, 0.2) is 11.6 Å². The van der Waals surface area contributed by atoms with Gasteiger partial charge in [0.25, 0.3) is 17.7 Å². The normalized spacial score (nSPS) is 16.0. The number of methoxy groups -OCH3 is 3. The molecule has 2 aliphatic heterocycles. The van der Waals surface area contributed by atoms with Crippen molar-refractivity contribution in [2.45, 2.75) is 6.54 Å². The minimum Gasteiger partial charge on any atom is -0.491 e. The molecule has 4 N–H and O–H groups in total. The van der Waals surface area contributed by atoms with Gasteiger partial charge < -0.3 is 35.0 Å². The molecule has 3 aromatic rings. The van der Waals surface area contributed by atoms with Crippen molar-refractivity contribution in [1.29, 1.82) is 0 Å². The second kappa shape index (κ2) is 13.0. The average molecular weight is 633 g/mol. The maximum atomic E-state index is 13.8. The van der Waals surface area contributed by atoms with Gasteiger partial charge >= 0.3 is 0 Å². The zero-order chi connectivity index (χ0) is 30.7. The van der Waals surface area contributed by atoms with E-state index in [0.717, 1.165) is 19.6 Å². The zero-order valence-corrected chi connectivity index (χ0v) is 25.2. The number of carbonyl (C=O) groups excluding carboxylic acids is 2. The van der Waals surface area contributed by atoms with Crippen LogP contribution in [0.5, 0.6) is 17.4 Å². The van der Waals surface area contributed by atoms with E-state index in [4.69, 9.17) is 47.9 Å². The molecule has 43 heavy (non-hydrogen) atoms. The Morgan fingerprint density at radius 3 is 2.58 bits per heavy atom. The Kier molecular flexibility index (Phi) is 9.20. The lowest BCUT2D eigenvalue weighted by molar-refractivity contribution is -0.113. The number of ether oxygens (including phenoxy) is 4. The van der Waals surface area contributed by atoms with Crippen molar-refractivity contribution in [3.63, 3.8) is 0 Å². The SMILES string of the molecule is COc1nc(CN2C(=O)/C(=C\c3cc(C(=O)NCCN4CCOCC4)c[nH]3)c3c(Cl)nc(N)nc32)c(Cl)c(OC)c1OC. The van der Waals surface area contributed by atoms with Crippen LogP contribution in [0, 0.1) is 0 Å². The summed E-state index contributed by atoms with van der Waals surface area (Å²) in [5.74, 6) is -0.147. The van der Waals surface area contributed by atoms with E-state index in [1.165, 1.54) is 26.2 Å². The van der Waals surface area contributed by atoms with E-state index >= 15 is 0 Å². The average Bonchev–Trinajstić information content (AvgIpc) is 3.57. The lowest BCUT2D eigenvalue weighted by Crippen LogP contribution is -2.41. The standard InChI is InChI=1S/C27H30Cl2N8O6/c1-40-20-19(28)17(33-25(42-3)21(20)41-2)13-37-23-18(22(29)34-27(30)35-23)16(26(37)39)11-15-10-14(12-32-15)24(38)31-4-5-36-6-8-43-9-7-36/h10-12,32H,4-9,13H2,1-3H3,(H,31,38)(H2,30,34,35)/b16-11-. The third-order valence-electron chi connectivity index (χ3n) is 6.95. The Balaban J connectivity index is 1.41. The maximum Gasteiger partial charge on any atom is 0.261 e. The summed E-state index contributed by atoms with van der Waals surface area (Å²) in [5.41, 5.74) is 7.50. The number of halogens is 2.